The minimum absolute atomic E-state index is 0. The molecule has 28 heavy (non-hydrogen) atoms. The second-order valence-electron chi connectivity index (χ2n) is 6.48. The molecule has 3 nitrogen and oxygen atoms in total. The summed E-state index contributed by atoms with van der Waals surface area (Å²) in [4.78, 5) is 1.98. The summed E-state index contributed by atoms with van der Waals surface area (Å²) in [7, 11) is 0. The van der Waals surface area contributed by atoms with Crippen LogP contribution in [0.2, 0.25) is 0 Å². The molecule has 0 heterocycles. The normalized spacial score (nSPS) is 12.5. The molecule has 0 amide bonds. The van der Waals surface area contributed by atoms with Crippen molar-refractivity contribution in [1.82, 2.24) is 4.90 Å². The number of hydrogen-bond acceptors (Lipinski definition) is 3. The van der Waals surface area contributed by atoms with E-state index in [-0.39, 0.29) is 59.1 Å². The third-order valence-corrected chi connectivity index (χ3v) is 4.44. The molecule has 0 aromatic heterocycles. The Labute approximate surface area is 212 Å². The molecule has 5 heteroatoms. The topological polar surface area (TPSA) is 49.4 Å². The van der Waals surface area contributed by atoms with E-state index in [1.807, 2.05) is 95.9 Å². The molecule has 2 atom stereocenters. The molecule has 3 aromatic rings. The van der Waals surface area contributed by atoms with Crippen molar-refractivity contribution >= 4 is 0 Å². The minimum Gasteiger partial charge on any atom is -0.848 e. The van der Waals surface area contributed by atoms with Gasteiger partial charge in [0.05, 0.1) is 0 Å². The van der Waals surface area contributed by atoms with Gasteiger partial charge < -0.3 is 15.1 Å². The summed E-state index contributed by atoms with van der Waals surface area (Å²) in [5.41, 5.74) is 2.62. The first kappa shape index (κ1) is 25.6. The molecule has 0 fully saturated rings. The van der Waals surface area contributed by atoms with Crippen molar-refractivity contribution in [2.75, 3.05) is 13.1 Å². The fourth-order valence-corrected chi connectivity index (χ4v) is 3.06. The Hall–Kier alpha value is -0.460. The summed E-state index contributed by atoms with van der Waals surface area (Å²) in [6.45, 7) is 1.22. The van der Waals surface area contributed by atoms with Crippen LogP contribution in [0.1, 0.15) is 28.9 Å². The summed E-state index contributed by atoms with van der Waals surface area (Å²) >= 11 is 0. The zero-order valence-electron chi connectivity index (χ0n) is 16.7. The Balaban J connectivity index is 0.00000196. The summed E-state index contributed by atoms with van der Waals surface area (Å²) in [5, 5.41) is 25.4. The van der Waals surface area contributed by atoms with Crippen molar-refractivity contribution in [3.8, 4) is 0 Å². The maximum Gasteiger partial charge on any atom is 1.00 e. The summed E-state index contributed by atoms with van der Waals surface area (Å²) in [6.07, 6.45) is -1.74. The van der Waals surface area contributed by atoms with Gasteiger partial charge in [0.2, 0.25) is 0 Å². The van der Waals surface area contributed by atoms with Gasteiger partial charge in [-0.25, -0.2) is 0 Å². The van der Waals surface area contributed by atoms with E-state index in [2.05, 4.69) is 0 Å². The first-order valence-corrected chi connectivity index (χ1v) is 8.90. The number of nitrogens with zero attached hydrogens (tertiary/aromatic N) is 1. The van der Waals surface area contributed by atoms with Crippen molar-refractivity contribution in [3.63, 3.8) is 0 Å². The second-order valence-corrected chi connectivity index (χ2v) is 6.48. The largest absolute Gasteiger partial charge is 1.00 e. The molecule has 0 radical (unpaired) electrons. The first-order valence-electron chi connectivity index (χ1n) is 8.90. The smallest absolute Gasteiger partial charge is 0.848 e. The van der Waals surface area contributed by atoms with Crippen molar-refractivity contribution in [2.24, 2.45) is 0 Å². The van der Waals surface area contributed by atoms with Crippen LogP contribution in [0.4, 0.5) is 0 Å². The zero-order valence-corrected chi connectivity index (χ0v) is 20.7. The maximum atomic E-state index is 12.7. The van der Waals surface area contributed by atoms with E-state index < -0.39 is 12.2 Å². The summed E-state index contributed by atoms with van der Waals surface area (Å²) < 4.78 is 0. The third-order valence-electron chi connectivity index (χ3n) is 4.44. The Kier molecular flexibility index (Phi) is 12.5. The van der Waals surface area contributed by atoms with E-state index in [9.17, 15) is 10.2 Å². The Morgan fingerprint density at radius 2 is 0.929 bits per heavy atom. The van der Waals surface area contributed by atoms with Crippen LogP contribution in [-0.4, -0.2) is 18.0 Å². The standard InChI is InChI=1S/C23H23NO2.2Na/c25-22(20-12-6-2-7-13-20)17-24(16-19-10-4-1-5-11-19)18-23(26)21-14-8-3-9-15-21;;/h1-15,22-23H,16-18H2;;/q-2;2*+1/t22-,23-;;/m0../s1. The van der Waals surface area contributed by atoms with Gasteiger partial charge in [-0.15, -0.1) is 0 Å². The van der Waals surface area contributed by atoms with Crippen LogP contribution in [0.15, 0.2) is 91.0 Å². The second kappa shape index (κ2) is 13.7. The van der Waals surface area contributed by atoms with Gasteiger partial charge in [0, 0.05) is 6.54 Å². The molecule has 0 saturated heterocycles. The molecule has 0 aliphatic rings. The molecule has 0 unspecified atom stereocenters. The van der Waals surface area contributed by atoms with Gasteiger partial charge in [0.15, 0.2) is 0 Å². The minimum atomic E-state index is -0.872. The fourth-order valence-electron chi connectivity index (χ4n) is 3.06. The van der Waals surface area contributed by atoms with Crippen molar-refractivity contribution in [1.29, 1.82) is 0 Å². The van der Waals surface area contributed by atoms with Crippen LogP contribution in [0.25, 0.3) is 0 Å². The molecule has 0 saturated carbocycles. The quantitative estimate of drug-likeness (QED) is 0.378. The van der Waals surface area contributed by atoms with Gasteiger partial charge in [0.25, 0.3) is 0 Å². The van der Waals surface area contributed by atoms with E-state index in [1.54, 1.807) is 0 Å². The molecule has 0 aliphatic carbocycles. The molecule has 0 spiro atoms. The average Bonchev–Trinajstić information content (AvgIpc) is 2.70. The molecule has 0 N–H and O–H groups in total. The van der Waals surface area contributed by atoms with Crippen molar-refractivity contribution in [2.45, 2.75) is 18.8 Å². The molecule has 0 aliphatic heterocycles. The Morgan fingerprint density at radius 3 is 1.32 bits per heavy atom. The van der Waals surface area contributed by atoms with E-state index in [0.717, 1.165) is 16.7 Å². The first-order chi connectivity index (χ1) is 12.7. The van der Waals surface area contributed by atoms with Crippen molar-refractivity contribution < 1.29 is 69.3 Å². The van der Waals surface area contributed by atoms with Gasteiger partial charge in [-0.1, -0.05) is 114 Å². The predicted octanol–water partition coefficient (Wildman–Crippen LogP) is -3.30. The van der Waals surface area contributed by atoms with Crippen LogP contribution in [0, 0.1) is 0 Å². The predicted molar refractivity (Wildman–Crippen MR) is 100 cm³/mol. The van der Waals surface area contributed by atoms with Crippen LogP contribution in [-0.2, 0) is 6.54 Å². The number of hydrogen-bond donors (Lipinski definition) is 0. The van der Waals surface area contributed by atoms with Gasteiger partial charge in [0.1, 0.15) is 0 Å². The summed E-state index contributed by atoms with van der Waals surface area (Å²) in [6, 6.07) is 28.7. The van der Waals surface area contributed by atoms with Gasteiger partial charge in [-0.05, 0) is 18.7 Å². The molecular formula is C23H23NNa2O2. The Bertz CT molecular complexity index is 725. The Morgan fingerprint density at radius 1 is 0.571 bits per heavy atom. The maximum absolute atomic E-state index is 12.7. The average molecular weight is 391 g/mol. The van der Waals surface area contributed by atoms with Gasteiger partial charge >= 0.3 is 59.1 Å². The SMILES string of the molecule is [Na+].[Na+].[O-][C@@H](CN(Cc1ccccc1)C[C@H]([O-])c1ccccc1)c1ccccc1. The van der Waals surface area contributed by atoms with E-state index in [4.69, 9.17) is 0 Å². The van der Waals surface area contributed by atoms with E-state index >= 15 is 0 Å². The molecule has 3 aromatic carbocycles. The molecule has 0 bridgehead atoms. The fraction of sp³-hybridized carbons (Fsp3) is 0.217. The van der Waals surface area contributed by atoms with Crippen LogP contribution in [0.3, 0.4) is 0 Å². The molecular weight excluding hydrogens is 368 g/mol. The van der Waals surface area contributed by atoms with Gasteiger partial charge in [-0.2, -0.15) is 0 Å². The van der Waals surface area contributed by atoms with Crippen LogP contribution >= 0.6 is 0 Å². The van der Waals surface area contributed by atoms with Crippen molar-refractivity contribution in [3.05, 3.63) is 108 Å². The monoisotopic (exact) mass is 391 g/mol. The van der Waals surface area contributed by atoms with E-state index in [1.165, 1.54) is 0 Å². The zero-order chi connectivity index (χ0) is 18.2. The van der Waals surface area contributed by atoms with E-state index in [0.29, 0.717) is 19.6 Å². The number of rotatable bonds is 8. The molecule has 134 valence electrons. The molecule has 3 rings (SSSR count). The van der Waals surface area contributed by atoms with Gasteiger partial charge in [-0.3, -0.25) is 0 Å². The van der Waals surface area contributed by atoms with Crippen LogP contribution < -0.4 is 69.3 Å². The summed E-state index contributed by atoms with van der Waals surface area (Å²) in [5.74, 6) is 0. The van der Waals surface area contributed by atoms with Crippen LogP contribution in [0.5, 0.6) is 0 Å². The number of benzene rings is 3. The third kappa shape index (κ3) is 8.11.